The standard InChI is InChI=1S/C24H18F2O2/c1-27-23-13-15-12-20(18-8-4-6-10-22(18)26)24(28-2)14-16(15)11-19(23)17-7-3-5-9-21(17)25/h3-14H,1-2H3. The molecule has 0 unspecified atom stereocenters. The summed E-state index contributed by atoms with van der Waals surface area (Å²) in [6, 6.07) is 20.5. The summed E-state index contributed by atoms with van der Waals surface area (Å²) >= 11 is 0. The predicted octanol–water partition coefficient (Wildman–Crippen LogP) is 6.47. The van der Waals surface area contributed by atoms with Crippen LogP contribution in [0.15, 0.2) is 72.8 Å². The number of rotatable bonds is 4. The zero-order valence-electron chi connectivity index (χ0n) is 15.5. The van der Waals surface area contributed by atoms with Crippen LogP contribution in [0, 0.1) is 11.6 Å². The summed E-state index contributed by atoms with van der Waals surface area (Å²) in [6.07, 6.45) is 0. The van der Waals surface area contributed by atoms with Crippen molar-refractivity contribution in [3.05, 3.63) is 84.4 Å². The smallest absolute Gasteiger partial charge is 0.131 e. The van der Waals surface area contributed by atoms with Crippen LogP contribution in [0.5, 0.6) is 11.5 Å². The minimum atomic E-state index is -0.324. The molecule has 0 aromatic heterocycles. The molecule has 0 aliphatic heterocycles. The van der Waals surface area contributed by atoms with Crippen molar-refractivity contribution < 1.29 is 18.3 Å². The van der Waals surface area contributed by atoms with Gasteiger partial charge < -0.3 is 9.47 Å². The van der Waals surface area contributed by atoms with E-state index in [1.165, 1.54) is 12.1 Å². The highest BCUT2D eigenvalue weighted by Gasteiger charge is 2.16. The number of ether oxygens (including phenoxy) is 2. The van der Waals surface area contributed by atoms with E-state index < -0.39 is 0 Å². The second-order valence-electron chi connectivity index (χ2n) is 6.41. The highest BCUT2D eigenvalue weighted by molar-refractivity contribution is 5.95. The first-order valence-corrected chi connectivity index (χ1v) is 8.82. The van der Waals surface area contributed by atoms with Crippen molar-refractivity contribution in [2.45, 2.75) is 0 Å². The second kappa shape index (κ2) is 7.31. The number of hydrogen-bond donors (Lipinski definition) is 0. The number of benzene rings is 4. The van der Waals surface area contributed by atoms with Crippen LogP contribution in [0.4, 0.5) is 8.78 Å². The van der Waals surface area contributed by atoms with Crippen LogP contribution in [0.3, 0.4) is 0 Å². The molecule has 28 heavy (non-hydrogen) atoms. The molecule has 0 aliphatic carbocycles. The third kappa shape index (κ3) is 3.07. The van der Waals surface area contributed by atoms with Gasteiger partial charge in [-0.15, -0.1) is 0 Å². The van der Waals surface area contributed by atoms with Crippen molar-refractivity contribution in [2.24, 2.45) is 0 Å². The molecule has 0 amide bonds. The quantitative estimate of drug-likeness (QED) is 0.406. The zero-order valence-corrected chi connectivity index (χ0v) is 15.5. The zero-order chi connectivity index (χ0) is 19.7. The van der Waals surface area contributed by atoms with Gasteiger partial charge in [-0.1, -0.05) is 36.4 Å². The Hall–Kier alpha value is -3.40. The fraction of sp³-hybridized carbons (Fsp3) is 0.0833. The summed E-state index contributed by atoms with van der Waals surface area (Å²) in [5, 5.41) is 1.69. The van der Waals surface area contributed by atoms with Gasteiger partial charge in [0.2, 0.25) is 0 Å². The molecule has 4 aromatic carbocycles. The van der Waals surface area contributed by atoms with Crippen LogP contribution in [0.2, 0.25) is 0 Å². The van der Waals surface area contributed by atoms with Gasteiger partial charge in [0.25, 0.3) is 0 Å². The molecule has 2 nitrogen and oxygen atoms in total. The average molecular weight is 376 g/mol. The highest BCUT2D eigenvalue weighted by atomic mass is 19.1. The minimum absolute atomic E-state index is 0.324. The first-order chi connectivity index (χ1) is 13.6. The lowest BCUT2D eigenvalue weighted by molar-refractivity contribution is 0.415. The largest absolute Gasteiger partial charge is 0.496 e. The first-order valence-electron chi connectivity index (χ1n) is 8.82. The summed E-state index contributed by atoms with van der Waals surface area (Å²) in [6.45, 7) is 0. The monoisotopic (exact) mass is 376 g/mol. The maximum absolute atomic E-state index is 14.3. The van der Waals surface area contributed by atoms with Gasteiger partial charge in [-0.3, -0.25) is 0 Å². The van der Waals surface area contributed by atoms with Gasteiger partial charge in [-0.2, -0.15) is 0 Å². The van der Waals surface area contributed by atoms with Crippen molar-refractivity contribution in [3.63, 3.8) is 0 Å². The summed E-state index contributed by atoms with van der Waals surface area (Å²) in [5.74, 6) is 0.440. The van der Waals surface area contributed by atoms with E-state index >= 15 is 0 Å². The van der Waals surface area contributed by atoms with Gasteiger partial charge >= 0.3 is 0 Å². The molecule has 0 atom stereocenters. The Morgan fingerprint density at radius 3 is 1.29 bits per heavy atom. The molecule has 0 N–H and O–H groups in total. The van der Waals surface area contributed by atoms with Gasteiger partial charge in [-0.05, 0) is 47.2 Å². The summed E-state index contributed by atoms with van der Waals surface area (Å²) in [5.41, 5.74) is 2.21. The van der Waals surface area contributed by atoms with Crippen molar-refractivity contribution in [1.29, 1.82) is 0 Å². The van der Waals surface area contributed by atoms with Crippen LogP contribution in [-0.4, -0.2) is 14.2 Å². The Bertz CT molecular complexity index is 1080. The number of hydrogen-bond acceptors (Lipinski definition) is 2. The summed E-state index contributed by atoms with van der Waals surface area (Å²) in [4.78, 5) is 0. The molecule has 0 saturated heterocycles. The first kappa shape index (κ1) is 18.0. The molecule has 140 valence electrons. The van der Waals surface area contributed by atoms with Gasteiger partial charge in [0.15, 0.2) is 0 Å². The van der Waals surface area contributed by atoms with Gasteiger partial charge in [0.1, 0.15) is 23.1 Å². The molecule has 0 bridgehead atoms. The SMILES string of the molecule is COc1cc2cc(-c3ccccc3F)c(OC)cc2cc1-c1ccccc1F. The van der Waals surface area contributed by atoms with Crippen molar-refractivity contribution in [3.8, 4) is 33.8 Å². The fourth-order valence-electron chi connectivity index (χ4n) is 3.43. The molecule has 0 radical (unpaired) electrons. The topological polar surface area (TPSA) is 18.5 Å². The van der Waals surface area contributed by atoms with E-state index in [2.05, 4.69) is 0 Å². The molecule has 4 aromatic rings. The van der Waals surface area contributed by atoms with E-state index in [-0.39, 0.29) is 11.6 Å². The lowest BCUT2D eigenvalue weighted by atomic mass is 9.95. The molecule has 0 heterocycles. The van der Waals surface area contributed by atoms with E-state index in [1.807, 2.05) is 24.3 Å². The number of methoxy groups -OCH3 is 2. The van der Waals surface area contributed by atoms with E-state index in [4.69, 9.17) is 9.47 Å². The van der Waals surface area contributed by atoms with Gasteiger partial charge in [0, 0.05) is 22.3 Å². The van der Waals surface area contributed by atoms with Crippen LogP contribution >= 0.6 is 0 Å². The molecule has 4 heteroatoms. The molecular weight excluding hydrogens is 358 g/mol. The molecule has 0 aliphatic rings. The Kier molecular flexibility index (Phi) is 4.70. The Balaban J connectivity index is 1.98. The average Bonchev–Trinajstić information content (AvgIpc) is 2.72. The van der Waals surface area contributed by atoms with Crippen LogP contribution in [0.25, 0.3) is 33.0 Å². The Morgan fingerprint density at radius 2 is 0.929 bits per heavy atom. The predicted molar refractivity (Wildman–Crippen MR) is 108 cm³/mol. The maximum Gasteiger partial charge on any atom is 0.131 e. The molecule has 0 spiro atoms. The van der Waals surface area contributed by atoms with Crippen LogP contribution < -0.4 is 9.47 Å². The lowest BCUT2D eigenvalue weighted by Crippen LogP contribution is -1.94. The van der Waals surface area contributed by atoms with Gasteiger partial charge in [-0.25, -0.2) is 8.78 Å². The van der Waals surface area contributed by atoms with Crippen molar-refractivity contribution >= 4 is 10.8 Å². The van der Waals surface area contributed by atoms with Crippen molar-refractivity contribution in [1.82, 2.24) is 0 Å². The van der Waals surface area contributed by atoms with E-state index in [0.29, 0.717) is 33.8 Å². The van der Waals surface area contributed by atoms with Crippen LogP contribution in [0.1, 0.15) is 0 Å². The van der Waals surface area contributed by atoms with Crippen LogP contribution in [-0.2, 0) is 0 Å². The van der Waals surface area contributed by atoms with E-state index in [1.54, 1.807) is 50.6 Å². The third-order valence-corrected chi connectivity index (χ3v) is 4.81. The molecule has 0 saturated carbocycles. The summed E-state index contributed by atoms with van der Waals surface area (Å²) in [7, 11) is 3.10. The minimum Gasteiger partial charge on any atom is -0.496 e. The molecular formula is C24H18F2O2. The normalized spacial score (nSPS) is 10.9. The number of halogens is 2. The summed E-state index contributed by atoms with van der Waals surface area (Å²) < 4.78 is 39.7. The van der Waals surface area contributed by atoms with E-state index in [0.717, 1.165) is 10.8 Å². The van der Waals surface area contributed by atoms with Gasteiger partial charge in [0.05, 0.1) is 14.2 Å². The highest BCUT2D eigenvalue weighted by Crippen LogP contribution is 2.40. The third-order valence-electron chi connectivity index (χ3n) is 4.81. The second-order valence-corrected chi connectivity index (χ2v) is 6.41. The lowest BCUT2D eigenvalue weighted by Gasteiger charge is -2.15. The Labute approximate surface area is 162 Å². The fourth-order valence-corrected chi connectivity index (χ4v) is 3.43. The maximum atomic E-state index is 14.3. The van der Waals surface area contributed by atoms with Crippen molar-refractivity contribution in [2.75, 3.05) is 14.2 Å². The van der Waals surface area contributed by atoms with E-state index in [9.17, 15) is 8.78 Å². The Morgan fingerprint density at radius 1 is 0.536 bits per heavy atom. The molecule has 4 rings (SSSR count). The number of fused-ring (bicyclic) bond motifs is 1. The molecule has 0 fully saturated rings.